The van der Waals surface area contributed by atoms with Crippen LogP contribution in [0.4, 0.5) is 19.3 Å². The second kappa shape index (κ2) is 8.68. The lowest BCUT2D eigenvalue weighted by molar-refractivity contribution is -0.122. The topological polar surface area (TPSA) is 99.3 Å². The number of rotatable bonds is 6. The van der Waals surface area contributed by atoms with Crippen LogP contribution in [0.2, 0.25) is 0 Å². The molecule has 2 aromatic carbocycles. The Bertz CT molecular complexity index is 930. The zero-order chi connectivity index (χ0) is 21.0. The number of urea groups is 1. The number of carbonyl (C=O) groups excluding carboxylic acids is 3. The Hall–Kier alpha value is -3.49. The lowest BCUT2D eigenvalue weighted by atomic mass is 10.0. The van der Waals surface area contributed by atoms with Gasteiger partial charge in [0.15, 0.2) is 11.6 Å². The van der Waals surface area contributed by atoms with Crippen LogP contribution >= 0.6 is 0 Å². The van der Waals surface area contributed by atoms with E-state index < -0.39 is 29.5 Å². The van der Waals surface area contributed by atoms with Crippen molar-refractivity contribution in [3.8, 4) is 0 Å². The highest BCUT2D eigenvalue weighted by atomic mass is 19.2. The third-order valence-corrected chi connectivity index (χ3v) is 4.38. The number of benzene rings is 2. The van der Waals surface area contributed by atoms with Gasteiger partial charge in [-0.25, -0.2) is 13.6 Å². The van der Waals surface area contributed by atoms with Gasteiger partial charge in [-0.05, 0) is 54.8 Å². The van der Waals surface area contributed by atoms with E-state index in [4.69, 9.17) is 0 Å². The Morgan fingerprint density at radius 2 is 1.69 bits per heavy atom. The van der Waals surface area contributed by atoms with Crippen molar-refractivity contribution < 1.29 is 23.2 Å². The zero-order valence-electron chi connectivity index (χ0n) is 15.6. The van der Waals surface area contributed by atoms with E-state index in [1.807, 2.05) is 0 Å². The fourth-order valence-electron chi connectivity index (χ4n) is 2.64. The van der Waals surface area contributed by atoms with Crippen molar-refractivity contribution in [2.45, 2.75) is 24.9 Å². The first-order valence-corrected chi connectivity index (χ1v) is 9.02. The first kappa shape index (κ1) is 20.2. The van der Waals surface area contributed by atoms with Gasteiger partial charge in [-0.2, -0.15) is 0 Å². The van der Waals surface area contributed by atoms with E-state index in [1.165, 1.54) is 25.2 Å². The summed E-state index contributed by atoms with van der Waals surface area (Å²) in [5, 5.41) is 10.3. The molecule has 0 bridgehead atoms. The largest absolute Gasteiger partial charge is 0.357 e. The minimum absolute atomic E-state index is 0.103. The van der Waals surface area contributed by atoms with Gasteiger partial charge in [0.25, 0.3) is 5.91 Å². The highest BCUT2D eigenvalue weighted by Gasteiger charge is 2.24. The molecular weight excluding hydrogens is 382 g/mol. The number of hydrogen-bond acceptors (Lipinski definition) is 3. The van der Waals surface area contributed by atoms with Crippen LogP contribution in [-0.2, 0) is 4.79 Å². The van der Waals surface area contributed by atoms with Crippen molar-refractivity contribution >= 4 is 23.5 Å². The molecule has 9 heteroatoms. The van der Waals surface area contributed by atoms with E-state index in [9.17, 15) is 23.2 Å². The van der Waals surface area contributed by atoms with Crippen molar-refractivity contribution in [2.24, 2.45) is 0 Å². The monoisotopic (exact) mass is 402 g/mol. The number of halogens is 2. The first-order valence-electron chi connectivity index (χ1n) is 9.02. The van der Waals surface area contributed by atoms with E-state index in [0.717, 1.165) is 25.0 Å². The second-order valence-corrected chi connectivity index (χ2v) is 6.64. The molecule has 1 fully saturated rings. The molecule has 7 nitrogen and oxygen atoms in total. The first-order chi connectivity index (χ1) is 13.9. The van der Waals surface area contributed by atoms with Crippen molar-refractivity contribution in [1.82, 2.24) is 16.0 Å². The molecule has 1 aliphatic carbocycles. The van der Waals surface area contributed by atoms with Gasteiger partial charge in [0.05, 0.1) is 0 Å². The summed E-state index contributed by atoms with van der Waals surface area (Å²) in [6.07, 6.45) is 1.94. The third kappa shape index (κ3) is 5.28. The van der Waals surface area contributed by atoms with Crippen molar-refractivity contribution in [3.05, 3.63) is 65.2 Å². The smallest absolute Gasteiger partial charge is 0.319 e. The molecule has 1 saturated carbocycles. The molecule has 0 aliphatic heterocycles. The van der Waals surface area contributed by atoms with Crippen LogP contribution < -0.4 is 21.3 Å². The maximum Gasteiger partial charge on any atom is 0.319 e. The SMILES string of the molecule is CNC(=O)C(NC(=O)c1ccc(NC(=O)NC2CC2)cc1)c1ccc(F)c(F)c1. The van der Waals surface area contributed by atoms with Crippen LogP contribution in [-0.4, -0.2) is 30.9 Å². The fourth-order valence-corrected chi connectivity index (χ4v) is 2.64. The maximum atomic E-state index is 13.5. The molecular formula is C20H20F2N4O3. The molecule has 152 valence electrons. The van der Waals surface area contributed by atoms with Gasteiger partial charge >= 0.3 is 6.03 Å². The fraction of sp³-hybridized carbons (Fsp3) is 0.250. The van der Waals surface area contributed by atoms with Crippen molar-refractivity contribution in [3.63, 3.8) is 0 Å². The molecule has 1 aliphatic rings. The highest BCUT2D eigenvalue weighted by Crippen LogP contribution is 2.20. The summed E-state index contributed by atoms with van der Waals surface area (Å²) in [6.45, 7) is 0. The van der Waals surface area contributed by atoms with Gasteiger partial charge < -0.3 is 21.3 Å². The van der Waals surface area contributed by atoms with Gasteiger partial charge in [-0.3, -0.25) is 9.59 Å². The van der Waals surface area contributed by atoms with E-state index in [-0.39, 0.29) is 23.2 Å². The molecule has 0 saturated heterocycles. The average molecular weight is 402 g/mol. The van der Waals surface area contributed by atoms with E-state index in [1.54, 1.807) is 12.1 Å². The quantitative estimate of drug-likeness (QED) is 0.597. The van der Waals surface area contributed by atoms with Crippen LogP contribution in [0.5, 0.6) is 0 Å². The number of anilines is 1. The maximum absolute atomic E-state index is 13.5. The van der Waals surface area contributed by atoms with Crippen LogP contribution in [0.15, 0.2) is 42.5 Å². The lowest BCUT2D eigenvalue weighted by Gasteiger charge is -2.18. The number of amides is 4. The molecule has 1 unspecified atom stereocenters. The average Bonchev–Trinajstić information content (AvgIpc) is 3.52. The summed E-state index contributed by atoms with van der Waals surface area (Å²) in [6, 6.07) is 7.74. The second-order valence-electron chi connectivity index (χ2n) is 6.64. The van der Waals surface area contributed by atoms with Gasteiger partial charge in [-0.15, -0.1) is 0 Å². The molecule has 29 heavy (non-hydrogen) atoms. The molecule has 0 radical (unpaired) electrons. The Labute approximate surface area is 165 Å². The van der Waals surface area contributed by atoms with Crippen LogP contribution in [0.3, 0.4) is 0 Å². The van der Waals surface area contributed by atoms with Gasteiger partial charge in [0.2, 0.25) is 5.91 Å². The predicted octanol–water partition coefficient (Wildman–Crippen LogP) is 2.47. The lowest BCUT2D eigenvalue weighted by Crippen LogP contribution is -2.39. The third-order valence-electron chi connectivity index (χ3n) is 4.38. The number of nitrogens with one attached hydrogen (secondary N) is 4. The molecule has 3 rings (SSSR count). The van der Waals surface area contributed by atoms with E-state index in [0.29, 0.717) is 5.69 Å². The molecule has 0 heterocycles. The number of carbonyl (C=O) groups is 3. The molecule has 1 atom stereocenters. The van der Waals surface area contributed by atoms with Crippen LogP contribution in [0.1, 0.15) is 34.8 Å². The van der Waals surface area contributed by atoms with Gasteiger partial charge in [0.1, 0.15) is 6.04 Å². The molecule has 4 amide bonds. The standard InChI is InChI=1S/C20H20F2N4O3/c1-23-19(28)17(12-4-9-15(21)16(22)10-12)26-18(27)11-2-5-13(6-3-11)24-20(29)25-14-7-8-14/h2-6,9-10,14,17H,7-8H2,1H3,(H,23,28)(H,26,27)(H2,24,25,29). The Morgan fingerprint density at radius 3 is 2.28 bits per heavy atom. The van der Waals surface area contributed by atoms with Gasteiger partial charge in [-0.1, -0.05) is 6.07 Å². The minimum atomic E-state index is -1.20. The molecule has 0 aromatic heterocycles. The van der Waals surface area contributed by atoms with E-state index in [2.05, 4.69) is 21.3 Å². The summed E-state index contributed by atoms with van der Waals surface area (Å²) < 4.78 is 26.7. The summed E-state index contributed by atoms with van der Waals surface area (Å²) in [7, 11) is 1.37. The van der Waals surface area contributed by atoms with Crippen LogP contribution in [0, 0.1) is 11.6 Å². The normalized spacial score (nSPS) is 13.9. The van der Waals surface area contributed by atoms with E-state index >= 15 is 0 Å². The number of likely N-dealkylation sites (N-methyl/N-ethyl adjacent to an activating group) is 1. The van der Waals surface area contributed by atoms with Crippen molar-refractivity contribution in [2.75, 3.05) is 12.4 Å². The number of hydrogen-bond donors (Lipinski definition) is 4. The Kier molecular flexibility index (Phi) is 6.06. The highest BCUT2D eigenvalue weighted by molar-refractivity contribution is 5.98. The zero-order valence-corrected chi connectivity index (χ0v) is 15.6. The Balaban J connectivity index is 1.69. The summed E-state index contributed by atoms with van der Waals surface area (Å²) in [4.78, 5) is 36.4. The molecule has 0 spiro atoms. The molecule has 4 N–H and O–H groups in total. The summed E-state index contributed by atoms with van der Waals surface area (Å²) in [5.74, 6) is -3.34. The minimum Gasteiger partial charge on any atom is -0.357 e. The summed E-state index contributed by atoms with van der Waals surface area (Å²) >= 11 is 0. The Morgan fingerprint density at radius 1 is 1.00 bits per heavy atom. The summed E-state index contributed by atoms with van der Waals surface area (Å²) in [5.41, 5.74) is 0.837. The predicted molar refractivity (Wildman–Crippen MR) is 102 cm³/mol. The van der Waals surface area contributed by atoms with Crippen molar-refractivity contribution in [1.29, 1.82) is 0 Å². The molecule has 2 aromatic rings. The van der Waals surface area contributed by atoms with Gasteiger partial charge in [0, 0.05) is 24.3 Å². The van der Waals surface area contributed by atoms with Crippen LogP contribution in [0.25, 0.3) is 0 Å².